The minimum absolute atomic E-state index is 0.198. The summed E-state index contributed by atoms with van der Waals surface area (Å²) in [5.41, 5.74) is 3.54. The van der Waals surface area contributed by atoms with Gasteiger partial charge in [-0.1, -0.05) is 62.9 Å². The van der Waals surface area contributed by atoms with Gasteiger partial charge in [0.15, 0.2) is 0 Å². The molecule has 2 aromatic carbocycles. The Kier molecular flexibility index (Phi) is 5.19. The minimum Gasteiger partial charge on any atom is -0.0843 e. The fraction of sp³-hybridized carbons (Fsp3) is 0.200. The predicted octanol–water partition coefficient (Wildman–Crippen LogP) is 6.63. The lowest BCUT2D eigenvalue weighted by Crippen LogP contribution is -1.98. The summed E-state index contributed by atoms with van der Waals surface area (Å²) in [5, 5.41) is 1.91. The molecule has 0 saturated carbocycles. The van der Waals surface area contributed by atoms with Crippen LogP contribution >= 0.6 is 50.7 Å². The van der Waals surface area contributed by atoms with E-state index < -0.39 is 0 Å². The first-order valence-corrected chi connectivity index (χ1v) is 7.86. The Bertz CT molecular complexity index is 596. The summed E-state index contributed by atoms with van der Waals surface area (Å²) in [6.07, 6.45) is 0.831. The van der Waals surface area contributed by atoms with E-state index in [1.54, 1.807) is 0 Å². The molecule has 0 aliphatic heterocycles. The zero-order chi connectivity index (χ0) is 14.0. The van der Waals surface area contributed by atoms with Crippen LogP contribution in [0.15, 0.2) is 36.4 Å². The van der Waals surface area contributed by atoms with Crippen LogP contribution in [0.3, 0.4) is 0 Å². The van der Waals surface area contributed by atoms with E-state index in [4.69, 9.17) is 34.8 Å². The Morgan fingerprint density at radius 2 is 1.74 bits per heavy atom. The van der Waals surface area contributed by atoms with Gasteiger partial charge >= 0.3 is 0 Å². The lowest BCUT2D eigenvalue weighted by molar-refractivity contribution is 0.938. The van der Waals surface area contributed by atoms with E-state index in [0.717, 1.165) is 17.0 Å². The highest BCUT2D eigenvalue weighted by Crippen LogP contribution is 2.32. The van der Waals surface area contributed by atoms with Gasteiger partial charge in [0.1, 0.15) is 0 Å². The van der Waals surface area contributed by atoms with Gasteiger partial charge in [0.2, 0.25) is 0 Å². The summed E-state index contributed by atoms with van der Waals surface area (Å²) in [6.45, 7) is 2.08. The van der Waals surface area contributed by atoms with Crippen molar-refractivity contribution in [2.45, 2.75) is 18.2 Å². The predicted molar refractivity (Wildman–Crippen MR) is 88.0 cm³/mol. The van der Waals surface area contributed by atoms with Crippen LogP contribution in [-0.4, -0.2) is 0 Å². The van der Waals surface area contributed by atoms with Crippen LogP contribution in [-0.2, 0) is 6.42 Å². The summed E-state index contributed by atoms with van der Waals surface area (Å²) in [4.78, 5) is 0.198. The highest BCUT2D eigenvalue weighted by atomic mass is 79.9. The van der Waals surface area contributed by atoms with Gasteiger partial charge in [-0.05, 0) is 54.3 Å². The SMILES string of the molecule is Cc1ccc(Cl)cc1C(Br)Cc1ccc(Cl)c(Cl)c1. The Morgan fingerprint density at radius 1 is 1.00 bits per heavy atom. The lowest BCUT2D eigenvalue weighted by Gasteiger charge is -2.14. The van der Waals surface area contributed by atoms with Gasteiger partial charge in [0.05, 0.1) is 10.0 Å². The van der Waals surface area contributed by atoms with Crippen molar-refractivity contribution in [3.8, 4) is 0 Å². The number of hydrogen-bond donors (Lipinski definition) is 0. The van der Waals surface area contributed by atoms with Crippen LogP contribution in [0.4, 0.5) is 0 Å². The number of alkyl halides is 1. The quantitative estimate of drug-likeness (QED) is 0.526. The average Bonchev–Trinajstić information content (AvgIpc) is 2.36. The molecular formula is C15H12BrCl3. The van der Waals surface area contributed by atoms with Gasteiger partial charge in [0, 0.05) is 9.85 Å². The van der Waals surface area contributed by atoms with Gasteiger partial charge in [-0.2, -0.15) is 0 Å². The molecule has 0 fully saturated rings. The molecule has 0 bridgehead atoms. The van der Waals surface area contributed by atoms with E-state index >= 15 is 0 Å². The maximum Gasteiger partial charge on any atom is 0.0595 e. The minimum atomic E-state index is 0.198. The zero-order valence-corrected chi connectivity index (χ0v) is 14.1. The van der Waals surface area contributed by atoms with Crippen molar-refractivity contribution in [3.05, 3.63) is 68.2 Å². The van der Waals surface area contributed by atoms with Crippen LogP contribution in [0.1, 0.15) is 21.5 Å². The summed E-state index contributed by atoms with van der Waals surface area (Å²) < 4.78 is 0. The van der Waals surface area contributed by atoms with Gasteiger partial charge in [-0.25, -0.2) is 0 Å². The molecular weight excluding hydrogens is 366 g/mol. The van der Waals surface area contributed by atoms with Crippen molar-refractivity contribution in [1.29, 1.82) is 0 Å². The molecule has 0 N–H and O–H groups in total. The molecule has 0 saturated heterocycles. The third-order valence-electron chi connectivity index (χ3n) is 2.98. The number of rotatable bonds is 3. The summed E-state index contributed by atoms with van der Waals surface area (Å²) >= 11 is 21.7. The molecule has 2 aromatic rings. The summed E-state index contributed by atoms with van der Waals surface area (Å²) in [5.74, 6) is 0. The topological polar surface area (TPSA) is 0 Å². The van der Waals surface area contributed by atoms with Gasteiger partial charge in [-0.3, -0.25) is 0 Å². The molecule has 0 radical (unpaired) electrons. The molecule has 2 rings (SSSR count). The highest BCUT2D eigenvalue weighted by Gasteiger charge is 2.12. The van der Waals surface area contributed by atoms with E-state index in [1.165, 1.54) is 11.1 Å². The fourth-order valence-electron chi connectivity index (χ4n) is 1.93. The van der Waals surface area contributed by atoms with Gasteiger partial charge in [0.25, 0.3) is 0 Å². The summed E-state index contributed by atoms with van der Waals surface area (Å²) in [6, 6.07) is 11.6. The standard InChI is InChI=1S/C15H12BrCl3/c1-9-2-4-11(17)8-12(9)13(16)6-10-3-5-14(18)15(19)7-10/h2-5,7-8,13H,6H2,1H3. The Morgan fingerprint density at radius 3 is 2.42 bits per heavy atom. The molecule has 0 spiro atoms. The smallest absolute Gasteiger partial charge is 0.0595 e. The van der Waals surface area contributed by atoms with E-state index in [-0.39, 0.29) is 4.83 Å². The van der Waals surface area contributed by atoms with Crippen LogP contribution in [0, 0.1) is 6.92 Å². The van der Waals surface area contributed by atoms with Crippen LogP contribution in [0.25, 0.3) is 0 Å². The maximum absolute atomic E-state index is 6.05. The molecule has 100 valence electrons. The zero-order valence-electron chi connectivity index (χ0n) is 10.3. The molecule has 19 heavy (non-hydrogen) atoms. The normalized spacial score (nSPS) is 12.5. The Balaban J connectivity index is 2.22. The molecule has 0 heterocycles. The lowest BCUT2D eigenvalue weighted by atomic mass is 10.0. The average molecular weight is 379 g/mol. The molecule has 0 aromatic heterocycles. The van der Waals surface area contributed by atoms with Gasteiger partial charge < -0.3 is 0 Å². The number of halogens is 4. The molecule has 1 atom stereocenters. The maximum atomic E-state index is 6.05. The van der Waals surface area contributed by atoms with E-state index in [0.29, 0.717) is 10.0 Å². The molecule has 0 aliphatic rings. The van der Waals surface area contributed by atoms with Crippen LogP contribution in [0.2, 0.25) is 15.1 Å². The highest BCUT2D eigenvalue weighted by molar-refractivity contribution is 9.09. The fourth-order valence-corrected chi connectivity index (χ4v) is 3.30. The van der Waals surface area contributed by atoms with E-state index in [2.05, 4.69) is 22.9 Å². The van der Waals surface area contributed by atoms with Crippen molar-refractivity contribution in [2.75, 3.05) is 0 Å². The molecule has 0 aliphatic carbocycles. The first-order valence-electron chi connectivity index (χ1n) is 5.81. The molecule has 0 amide bonds. The van der Waals surface area contributed by atoms with Crippen molar-refractivity contribution in [2.24, 2.45) is 0 Å². The van der Waals surface area contributed by atoms with Crippen molar-refractivity contribution in [3.63, 3.8) is 0 Å². The van der Waals surface area contributed by atoms with Crippen molar-refractivity contribution in [1.82, 2.24) is 0 Å². The molecule has 1 unspecified atom stereocenters. The first-order chi connectivity index (χ1) is 8.97. The van der Waals surface area contributed by atoms with Crippen molar-refractivity contribution >= 4 is 50.7 Å². The van der Waals surface area contributed by atoms with Crippen molar-refractivity contribution < 1.29 is 0 Å². The first kappa shape index (κ1) is 15.2. The second-order valence-electron chi connectivity index (χ2n) is 4.42. The molecule has 0 nitrogen and oxygen atoms in total. The number of aryl methyl sites for hydroxylation is 1. The van der Waals surface area contributed by atoms with E-state index in [9.17, 15) is 0 Å². The Hall–Kier alpha value is -0.210. The number of benzene rings is 2. The van der Waals surface area contributed by atoms with Crippen LogP contribution in [0.5, 0.6) is 0 Å². The van der Waals surface area contributed by atoms with E-state index in [1.807, 2.05) is 36.4 Å². The largest absolute Gasteiger partial charge is 0.0843 e. The number of hydrogen-bond acceptors (Lipinski definition) is 0. The monoisotopic (exact) mass is 376 g/mol. The second-order valence-corrected chi connectivity index (χ2v) is 6.78. The molecule has 4 heteroatoms. The van der Waals surface area contributed by atoms with Gasteiger partial charge in [-0.15, -0.1) is 0 Å². The third-order valence-corrected chi connectivity index (χ3v) is 4.77. The summed E-state index contributed by atoms with van der Waals surface area (Å²) in [7, 11) is 0. The third kappa shape index (κ3) is 3.88. The second kappa shape index (κ2) is 6.49. The Labute approximate surface area is 136 Å². The van der Waals surface area contributed by atoms with Crippen LogP contribution < -0.4 is 0 Å².